The van der Waals surface area contributed by atoms with Gasteiger partial charge in [-0.05, 0) is 41.8 Å². The summed E-state index contributed by atoms with van der Waals surface area (Å²) in [4.78, 5) is 0. The Morgan fingerprint density at radius 2 is 2.33 bits per heavy atom. The number of fused-ring (bicyclic) bond motifs is 1. The van der Waals surface area contributed by atoms with E-state index in [-0.39, 0.29) is 0 Å². The first-order valence-corrected chi connectivity index (χ1v) is 5.80. The summed E-state index contributed by atoms with van der Waals surface area (Å²) >= 11 is 3.46. The van der Waals surface area contributed by atoms with Crippen LogP contribution in [0.2, 0.25) is 0 Å². The molecule has 1 aliphatic heterocycles. The summed E-state index contributed by atoms with van der Waals surface area (Å²) in [5.74, 6) is 0.832. The monoisotopic (exact) mass is 265 g/mol. The van der Waals surface area contributed by atoms with Gasteiger partial charge in [0.2, 0.25) is 0 Å². The predicted octanol–water partition coefficient (Wildman–Crippen LogP) is 3.40. The van der Waals surface area contributed by atoms with Crippen LogP contribution in [0.4, 0.5) is 0 Å². The van der Waals surface area contributed by atoms with E-state index >= 15 is 0 Å². The highest BCUT2D eigenvalue weighted by Gasteiger charge is 2.32. The first-order chi connectivity index (χ1) is 7.17. The van der Waals surface area contributed by atoms with Crippen LogP contribution in [0.5, 0.6) is 5.75 Å². The molecule has 1 aromatic carbocycles. The van der Waals surface area contributed by atoms with Crippen molar-refractivity contribution in [3.8, 4) is 11.8 Å². The van der Waals surface area contributed by atoms with Gasteiger partial charge in [0, 0.05) is 5.56 Å². The second-order valence-electron chi connectivity index (χ2n) is 4.01. The lowest BCUT2D eigenvalue weighted by Gasteiger charge is -2.21. The molecule has 0 aliphatic carbocycles. The lowest BCUT2D eigenvalue weighted by Crippen LogP contribution is -2.18. The molecule has 1 aliphatic rings. The Morgan fingerprint density at radius 1 is 1.53 bits per heavy atom. The van der Waals surface area contributed by atoms with Crippen LogP contribution < -0.4 is 4.74 Å². The summed E-state index contributed by atoms with van der Waals surface area (Å²) in [5.41, 5.74) is 0.576. The molecule has 1 atom stereocenters. The van der Waals surface area contributed by atoms with Crippen LogP contribution in [0.15, 0.2) is 22.7 Å². The van der Waals surface area contributed by atoms with Crippen LogP contribution in [0.1, 0.15) is 25.3 Å². The molecule has 0 N–H and O–H groups in total. The zero-order valence-electron chi connectivity index (χ0n) is 8.59. The number of halogens is 1. The van der Waals surface area contributed by atoms with E-state index in [0.29, 0.717) is 6.61 Å². The van der Waals surface area contributed by atoms with Crippen molar-refractivity contribution < 1.29 is 4.74 Å². The molecule has 1 unspecified atom stereocenters. The van der Waals surface area contributed by atoms with Gasteiger partial charge in [0.15, 0.2) is 0 Å². The maximum absolute atomic E-state index is 9.29. The van der Waals surface area contributed by atoms with Gasteiger partial charge in [-0.2, -0.15) is 5.26 Å². The van der Waals surface area contributed by atoms with Crippen molar-refractivity contribution in [2.75, 3.05) is 6.61 Å². The molecule has 0 fully saturated rings. The summed E-state index contributed by atoms with van der Waals surface area (Å²) in [6.07, 6.45) is 1.78. The zero-order valence-corrected chi connectivity index (χ0v) is 10.2. The fourth-order valence-electron chi connectivity index (χ4n) is 1.94. The van der Waals surface area contributed by atoms with Crippen molar-refractivity contribution in [1.82, 2.24) is 0 Å². The quantitative estimate of drug-likeness (QED) is 0.721. The third-order valence-corrected chi connectivity index (χ3v) is 3.50. The van der Waals surface area contributed by atoms with Crippen LogP contribution in [0.3, 0.4) is 0 Å². The van der Waals surface area contributed by atoms with E-state index in [4.69, 9.17) is 4.74 Å². The maximum atomic E-state index is 9.29. The van der Waals surface area contributed by atoms with Gasteiger partial charge in [0.1, 0.15) is 5.75 Å². The van der Waals surface area contributed by atoms with E-state index in [0.717, 1.165) is 28.6 Å². The van der Waals surface area contributed by atoms with Crippen molar-refractivity contribution in [3.63, 3.8) is 0 Å². The Hall–Kier alpha value is -1.01. The second-order valence-corrected chi connectivity index (χ2v) is 4.87. The molecular weight excluding hydrogens is 254 g/mol. The zero-order chi connectivity index (χ0) is 10.9. The van der Waals surface area contributed by atoms with E-state index in [1.165, 1.54) is 0 Å². The normalized spacial score (nSPS) is 24.6. The standard InChI is InChI=1S/C12H12BrNO/c1-12(8-14)6-3-7-15-11-9(12)4-2-5-10(11)13/h2,4-5H,3,6-7H2,1H3. The van der Waals surface area contributed by atoms with Gasteiger partial charge < -0.3 is 4.74 Å². The van der Waals surface area contributed by atoms with Gasteiger partial charge >= 0.3 is 0 Å². The largest absolute Gasteiger partial charge is 0.492 e. The molecule has 1 heterocycles. The molecule has 0 bridgehead atoms. The minimum atomic E-state index is -0.421. The van der Waals surface area contributed by atoms with Crippen LogP contribution >= 0.6 is 15.9 Å². The summed E-state index contributed by atoms with van der Waals surface area (Å²) in [6, 6.07) is 8.28. The molecule has 1 aromatic rings. The summed E-state index contributed by atoms with van der Waals surface area (Å²) in [5, 5.41) is 9.29. The van der Waals surface area contributed by atoms with Crippen molar-refractivity contribution in [2.24, 2.45) is 0 Å². The lowest BCUT2D eigenvalue weighted by atomic mass is 9.80. The first-order valence-electron chi connectivity index (χ1n) is 5.00. The molecule has 0 amide bonds. The lowest BCUT2D eigenvalue weighted by molar-refractivity contribution is 0.313. The number of nitriles is 1. The van der Waals surface area contributed by atoms with Crippen molar-refractivity contribution in [2.45, 2.75) is 25.2 Å². The SMILES string of the molecule is CC1(C#N)CCCOc2c(Br)cccc21. The smallest absolute Gasteiger partial charge is 0.138 e. The highest BCUT2D eigenvalue weighted by Crippen LogP contribution is 2.41. The average Bonchev–Trinajstić information content (AvgIpc) is 2.41. The molecular formula is C12H12BrNO. The van der Waals surface area contributed by atoms with Crippen LogP contribution in [0.25, 0.3) is 0 Å². The molecule has 3 heteroatoms. The molecule has 2 rings (SSSR count). The van der Waals surface area contributed by atoms with Gasteiger partial charge in [-0.3, -0.25) is 0 Å². The van der Waals surface area contributed by atoms with E-state index in [9.17, 15) is 5.26 Å². The number of rotatable bonds is 0. The first kappa shape index (κ1) is 10.5. The van der Waals surface area contributed by atoms with E-state index in [2.05, 4.69) is 22.0 Å². The molecule has 0 aromatic heterocycles. The highest BCUT2D eigenvalue weighted by atomic mass is 79.9. The van der Waals surface area contributed by atoms with Gasteiger partial charge in [-0.25, -0.2) is 0 Å². The number of benzene rings is 1. The second kappa shape index (κ2) is 3.86. The molecule has 0 saturated carbocycles. The van der Waals surface area contributed by atoms with Crippen molar-refractivity contribution in [1.29, 1.82) is 5.26 Å². The minimum Gasteiger partial charge on any atom is -0.492 e. The maximum Gasteiger partial charge on any atom is 0.138 e. The summed E-state index contributed by atoms with van der Waals surface area (Å²) < 4.78 is 6.61. The third kappa shape index (κ3) is 1.74. The number of ether oxygens (including phenoxy) is 1. The summed E-state index contributed by atoms with van der Waals surface area (Å²) in [6.45, 7) is 2.67. The number of para-hydroxylation sites is 1. The van der Waals surface area contributed by atoms with Gasteiger partial charge in [-0.1, -0.05) is 12.1 Å². The third-order valence-electron chi connectivity index (χ3n) is 2.88. The number of nitrogens with zero attached hydrogens (tertiary/aromatic N) is 1. The molecule has 15 heavy (non-hydrogen) atoms. The topological polar surface area (TPSA) is 33.0 Å². The average molecular weight is 266 g/mol. The number of hydrogen-bond donors (Lipinski definition) is 0. The molecule has 0 spiro atoms. The Kier molecular flexibility index (Phi) is 2.70. The molecule has 2 nitrogen and oxygen atoms in total. The Bertz CT molecular complexity index is 424. The van der Waals surface area contributed by atoms with E-state index < -0.39 is 5.41 Å². The van der Waals surface area contributed by atoms with E-state index in [1.54, 1.807) is 0 Å². The van der Waals surface area contributed by atoms with Crippen molar-refractivity contribution in [3.05, 3.63) is 28.2 Å². The van der Waals surface area contributed by atoms with Crippen LogP contribution in [-0.2, 0) is 5.41 Å². The fourth-order valence-corrected chi connectivity index (χ4v) is 2.42. The fraction of sp³-hybridized carbons (Fsp3) is 0.417. The van der Waals surface area contributed by atoms with Crippen LogP contribution in [0, 0.1) is 11.3 Å². The predicted molar refractivity (Wildman–Crippen MR) is 61.8 cm³/mol. The van der Waals surface area contributed by atoms with Crippen LogP contribution in [-0.4, -0.2) is 6.61 Å². The molecule has 0 saturated heterocycles. The van der Waals surface area contributed by atoms with Crippen molar-refractivity contribution >= 4 is 15.9 Å². The Balaban J connectivity index is 2.61. The highest BCUT2D eigenvalue weighted by molar-refractivity contribution is 9.10. The summed E-state index contributed by atoms with van der Waals surface area (Å²) in [7, 11) is 0. The Morgan fingerprint density at radius 3 is 3.07 bits per heavy atom. The van der Waals surface area contributed by atoms with Gasteiger partial charge in [0.05, 0.1) is 22.6 Å². The van der Waals surface area contributed by atoms with Gasteiger partial charge in [0.25, 0.3) is 0 Å². The molecule has 0 radical (unpaired) electrons. The number of hydrogen-bond acceptors (Lipinski definition) is 2. The van der Waals surface area contributed by atoms with E-state index in [1.807, 2.05) is 25.1 Å². The Labute approximate surface area is 98.0 Å². The minimum absolute atomic E-state index is 0.421. The molecule has 78 valence electrons. The van der Waals surface area contributed by atoms with Gasteiger partial charge in [-0.15, -0.1) is 0 Å².